The van der Waals surface area contributed by atoms with Gasteiger partial charge in [0.15, 0.2) is 0 Å². The zero-order chi connectivity index (χ0) is 64.4. The van der Waals surface area contributed by atoms with Gasteiger partial charge in [-0.05, 0) is 94.1 Å². The van der Waals surface area contributed by atoms with Gasteiger partial charge in [-0.25, -0.2) is 19.2 Å². The van der Waals surface area contributed by atoms with Crippen LogP contribution in [0.1, 0.15) is 86.1 Å². The summed E-state index contributed by atoms with van der Waals surface area (Å²) in [6.45, 7) is -1.69. The van der Waals surface area contributed by atoms with Gasteiger partial charge in [0.05, 0.1) is 11.1 Å². The number of alkyl halides is 6. The Hall–Kier alpha value is -10.8. The van der Waals surface area contributed by atoms with Crippen molar-refractivity contribution in [3.8, 4) is 32.4 Å². The van der Waals surface area contributed by atoms with Crippen LogP contribution in [0.15, 0.2) is 182 Å². The molecule has 0 amide bonds. The van der Waals surface area contributed by atoms with Gasteiger partial charge in [-0.3, -0.25) is 19.2 Å². The number of benzene rings is 7. The third-order valence-electron chi connectivity index (χ3n) is 15.6. The van der Waals surface area contributed by atoms with Crippen molar-refractivity contribution in [3.63, 3.8) is 0 Å². The first-order chi connectivity index (χ1) is 44.1. The summed E-state index contributed by atoms with van der Waals surface area (Å²) in [5, 5.41) is 0. The molecule has 0 atom stereocenters. The summed E-state index contributed by atoms with van der Waals surface area (Å²) in [5.41, 5.74) is -8.85. The molecule has 0 saturated heterocycles. The average molecular weight is 1280 g/mol. The molecule has 0 saturated carbocycles. The van der Waals surface area contributed by atoms with E-state index < -0.39 is 119 Å². The molecule has 2 aliphatic heterocycles. The maximum atomic E-state index is 15.4. The third kappa shape index (κ3) is 10.6. The first kappa shape index (κ1) is 60.1. The fourth-order valence-electron chi connectivity index (χ4n) is 11.1. The normalized spacial score (nSPS) is 15.7. The number of hydrogen-bond donors (Lipinski definition) is 0. The zero-order valence-electron chi connectivity index (χ0n) is 47.1. The molecule has 7 aromatic carbocycles. The monoisotopic (exact) mass is 1280 g/mol. The summed E-state index contributed by atoms with van der Waals surface area (Å²) in [5.74, 6) is -10.6. The van der Waals surface area contributed by atoms with E-state index in [-0.39, 0.29) is 75.5 Å². The van der Waals surface area contributed by atoms with Crippen LogP contribution in [0.5, 0.6) is 11.5 Å². The summed E-state index contributed by atoms with van der Waals surface area (Å²) in [6, 6.07) is 43.2. The lowest BCUT2D eigenvalue weighted by Crippen LogP contribution is -2.52. The van der Waals surface area contributed by atoms with E-state index in [9.17, 15) is 45.5 Å². The highest BCUT2D eigenvalue weighted by Gasteiger charge is 2.61. The highest BCUT2D eigenvalue weighted by molar-refractivity contribution is 7.17. The first-order valence-corrected chi connectivity index (χ1v) is 29.5. The number of ether oxygens (including phenoxy) is 6. The van der Waals surface area contributed by atoms with E-state index in [2.05, 4.69) is 0 Å². The van der Waals surface area contributed by atoms with Gasteiger partial charge in [0.25, 0.3) is 0 Å². The minimum atomic E-state index is -4.88. The predicted molar refractivity (Wildman–Crippen MR) is 320 cm³/mol. The molecular formula is C70H40F6O14S2. The Kier molecular flexibility index (Phi) is 15.1. The summed E-state index contributed by atoms with van der Waals surface area (Å²) in [7, 11) is 0. The van der Waals surface area contributed by atoms with E-state index in [1.165, 1.54) is 36.4 Å². The van der Waals surface area contributed by atoms with Gasteiger partial charge in [0, 0.05) is 64.0 Å². The molecule has 458 valence electrons. The van der Waals surface area contributed by atoms with Gasteiger partial charge in [0.1, 0.15) is 37.9 Å². The molecule has 0 radical (unpaired) electrons. The number of fused-ring (bicyclic) bond motifs is 8. The minimum Gasteiger partial charge on any atom is -0.459 e. The Morgan fingerprint density at radius 1 is 0.380 bits per heavy atom. The molecule has 2 aromatic heterocycles. The second-order valence-electron chi connectivity index (χ2n) is 21.4. The van der Waals surface area contributed by atoms with Crippen molar-refractivity contribution < 1.29 is 93.1 Å². The van der Waals surface area contributed by atoms with Crippen LogP contribution < -0.4 is 9.47 Å². The lowest BCUT2D eigenvalue weighted by molar-refractivity contribution is -0.185. The van der Waals surface area contributed by atoms with Gasteiger partial charge in [-0.15, -0.1) is 22.7 Å². The van der Waals surface area contributed by atoms with Gasteiger partial charge in [-0.2, -0.15) is 26.3 Å². The molecule has 4 aliphatic rings. The first-order valence-electron chi connectivity index (χ1n) is 27.9. The van der Waals surface area contributed by atoms with E-state index in [0.717, 1.165) is 34.8 Å². The van der Waals surface area contributed by atoms with Crippen LogP contribution in [0.2, 0.25) is 0 Å². The number of hydrogen-bond acceptors (Lipinski definition) is 16. The molecule has 0 bridgehead atoms. The number of carbonyl (C=O) groups excluding carboxylic acids is 8. The highest BCUT2D eigenvalue weighted by atomic mass is 32.1. The Labute approximate surface area is 524 Å². The molecule has 0 fully saturated rings. The summed E-state index contributed by atoms with van der Waals surface area (Å²) in [4.78, 5) is 116. The molecular weight excluding hydrogens is 1240 g/mol. The quantitative estimate of drug-likeness (QED) is 0.0249. The number of thiophene rings is 2. The molecule has 22 heteroatoms. The standard InChI is InChI=1S/C70H40F6O14S2/c71-69(72,73)41-21-23-45-47(25-41)57(77)59(79)49(45)27-43-29-53-61(91-43)51-32-56-52(31-55(51)89-67(53,63(81)85-33-37-13-5-1-6-14-37)64(82)86-34-38-15-7-2-8-16-38)62-54(30-44(92-62)28-50-46-24-22-42(70(74,75)76)26-48(46)58(78)60(50)80)68(90-56,65(83)87-35-39-17-9-3-10-18-39)66(84)88-36-40-19-11-4-12-20-40/h1-32H,33-36H2/b49-27-,50-28-. The number of halogens is 6. The van der Waals surface area contributed by atoms with E-state index in [1.807, 2.05) is 0 Å². The van der Waals surface area contributed by atoms with Gasteiger partial charge in [0.2, 0.25) is 23.1 Å². The van der Waals surface area contributed by atoms with Crippen molar-refractivity contribution in [2.24, 2.45) is 0 Å². The van der Waals surface area contributed by atoms with Crippen LogP contribution in [0, 0.1) is 0 Å². The summed E-state index contributed by atoms with van der Waals surface area (Å²) < 4.78 is 121. The lowest BCUT2D eigenvalue weighted by Gasteiger charge is -2.37. The van der Waals surface area contributed by atoms with Crippen molar-refractivity contribution >= 4 is 93.0 Å². The number of carbonyl (C=O) groups is 8. The molecule has 14 nitrogen and oxygen atoms in total. The molecule has 0 N–H and O–H groups in total. The van der Waals surface area contributed by atoms with Crippen molar-refractivity contribution in [1.29, 1.82) is 0 Å². The minimum absolute atomic E-state index is 0.00348. The molecule has 92 heavy (non-hydrogen) atoms. The molecule has 9 aromatic rings. The van der Waals surface area contributed by atoms with E-state index in [0.29, 0.717) is 46.5 Å². The van der Waals surface area contributed by atoms with Crippen molar-refractivity contribution in [3.05, 3.63) is 259 Å². The second-order valence-corrected chi connectivity index (χ2v) is 23.6. The maximum Gasteiger partial charge on any atom is 0.416 e. The fraction of sp³-hybridized carbons (Fsp3) is 0.114. The summed E-state index contributed by atoms with van der Waals surface area (Å²) in [6.07, 6.45) is -7.35. The van der Waals surface area contributed by atoms with E-state index >= 15 is 19.2 Å². The van der Waals surface area contributed by atoms with Crippen LogP contribution in [0.4, 0.5) is 26.3 Å². The Bertz CT molecular complexity index is 4260. The Balaban J connectivity index is 1.02. The van der Waals surface area contributed by atoms with Crippen LogP contribution in [-0.2, 0) is 97.7 Å². The van der Waals surface area contributed by atoms with Crippen molar-refractivity contribution in [2.45, 2.75) is 50.0 Å². The van der Waals surface area contributed by atoms with Gasteiger partial charge in [-0.1, -0.05) is 133 Å². The van der Waals surface area contributed by atoms with Crippen LogP contribution in [0.25, 0.3) is 44.2 Å². The number of Topliss-reactive ketones (excluding diaryl/α,β-unsaturated/α-hetero) is 4. The molecule has 4 heterocycles. The third-order valence-corrected chi connectivity index (χ3v) is 17.8. The Morgan fingerprint density at radius 3 is 0.978 bits per heavy atom. The topological polar surface area (TPSA) is 192 Å². The fourth-order valence-corrected chi connectivity index (χ4v) is 13.4. The number of esters is 4. The largest absolute Gasteiger partial charge is 0.459 e. The molecule has 13 rings (SSSR count). The van der Waals surface area contributed by atoms with E-state index in [4.69, 9.17) is 28.4 Å². The smallest absolute Gasteiger partial charge is 0.416 e. The van der Waals surface area contributed by atoms with Crippen molar-refractivity contribution in [2.75, 3.05) is 0 Å². The SMILES string of the molecule is O=C1C(=O)c2cc(C(F)(F)F)ccc2/C1=C/c1cc2c(s1)-c1cc3c(cc1OC2(C(=O)OCc1ccccc1)C(=O)OCc1ccccc1)-c1sc(/C=C2\C(=O)C(=O)c4cc(C(F)(F)F)ccc42)cc1C(C(=O)OCc1ccccc1)(C(=O)OCc1ccccc1)O3. The van der Waals surface area contributed by atoms with E-state index in [1.54, 1.807) is 121 Å². The van der Waals surface area contributed by atoms with Crippen LogP contribution in [0.3, 0.4) is 0 Å². The molecule has 2 aliphatic carbocycles. The zero-order valence-corrected chi connectivity index (χ0v) is 48.7. The number of ketones is 4. The number of rotatable bonds is 14. The number of allylic oxidation sites excluding steroid dienone is 2. The van der Waals surface area contributed by atoms with Gasteiger partial charge >= 0.3 is 47.4 Å². The van der Waals surface area contributed by atoms with Crippen LogP contribution >= 0.6 is 22.7 Å². The predicted octanol–water partition coefficient (Wildman–Crippen LogP) is 13.9. The molecule has 0 spiro atoms. The molecule has 0 unspecified atom stereocenters. The lowest BCUT2D eigenvalue weighted by atomic mass is 9.85. The summed E-state index contributed by atoms with van der Waals surface area (Å²) >= 11 is 1.63. The average Bonchev–Trinajstić information content (AvgIpc) is 1.31. The van der Waals surface area contributed by atoms with Gasteiger partial charge < -0.3 is 28.4 Å². The van der Waals surface area contributed by atoms with Crippen LogP contribution in [-0.4, -0.2) is 47.0 Å². The second kappa shape index (κ2) is 23.2. The van der Waals surface area contributed by atoms with Crippen molar-refractivity contribution in [1.82, 2.24) is 0 Å². The maximum absolute atomic E-state index is 15.4. The Morgan fingerprint density at radius 2 is 0.685 bits per heavy atom. The highest BCUT2D eigenvalue weighted by Crippen LogP contribution is 2.58.